The summed E-state index contributed by atoms with van der Waals surface area (Å²) in [6.45, 7) is 2.87. The Labute approximate surface area is 174 Å². The molecule has 1 aliphatic rings. The highest BCUT2D eigenvalue weighted by atomic mass is 32.2. The molecule has 0 amide bonds. The Balaban J connectivity index is 1.73. The zero-order valence-electron chi connectivity index (χ0n) is 16.1. The molecule has 1 atom stereocenters. The number of H-pyrrole nitrogens is 1. The Hall–Kier alpha value is -2.40. The van der Waals surface area contributed by atoms with Crippen molar-refractivity contribution in [2.24, 2.45) is 0 Å². The standard InChI is InChI=1S/C19H20N6O2S2/c1-24(2)29(26)16-10-15-17(28-16)19(25-6-8-27-9-7-25)22-18(21-15)12-4-3-5-14-13(12)11-20-23-14/h3-5,10-11H,6-9H2,1-2H3,(H,20,23). The first-order valence-corrected chi connectivity index (χ1v) is 11.2. The first-order valence-electron chi connectivity index (χ1n) is 9.28. The minimum atomic E-state index is -1.22. The number of nitrogens with one attached hydrogen (secondary N) is 1. The highest BCUT2D eigenvalue weighted by molar-refractivity contribution is 7.85. The molecule has 1 saturated heterocycles. The molecule has 5 rings (SSSR count). The van der Waals surface area contributed by atoms with Crippen LogP contribution in [0.4, 0.5) is 5.82 Å². The van der Waals surface area contributed by atoms with Crippen LogP contribution >= 0.6 is 11.3 Å². The number of nitrogens with zero attached hydrogens (tertiary/aromatic N) is 5. The lowest BCUT2D eigenvalue weighted by molar-refractivity contribution is 0.122. The molecule has 1 fully saturated rings. The predicted octanol–water partition coefficient (Wildman–Crippen LogP) is 2.66. The van der Waals surface area contributed by atoms with Crippen LogP contribution in [0.1, 0.15) is 0 Å². The van der Waals surface area contributed by atoms with Gasteiger partial charge in [-0.1, -0.05) is 12.1 Å². The summed E-state index contributed by atoms with van der Waals surface area (Å²) in [5.41, 5.74) is 2.68. The van der Waals surface area contributed by atoms with E-state index in [0.717, 1.165) is 49.8 Å². The minimum absolute atomic E-state index is 0.644. The minimum Gasteiger partial charge on any atom is -0.378 e. The Kier molecular flexibility index (Phi) is 4.78. The third-order valence-corrected chi connectivity index (χ3v) is 7.59. The van der Waals surface area contributed by atoms with Crippen molar-refractivity contribution >= 4 is 49.3 Å². The van der Waals surface area contributed by atoms with E-state index in [4.69, 9.17) is 14.7 Å². The van der Waals surface area contributed by atoms with Gasteiger partial charge in [0.05, 0.1) is 35.1 Å². The number of aromatic nitrogens is 4. The van der Waals surface area contributed by atoms with Gasteiger partial charge in [0.25, 0.3) is 0 Å². The lowest BCUT2D eigenvalue weighted by atomic mass is 10.1. The van der Waals surface area contributed by atoms with Crippen molar-refractivity contribution in [3.63, 3.8) is 0 Å². The molecule has 0 bridgehead atoms. The van der Waals surface area contributed by atoms with Crippen LogP contribution in [0.2, 0.25) is 0 Å². The molecule has 8 nitrogen and oxygen atoms in total. The smallest absolute Gasteiger partial charge is 0.162 e. The largest absolute Gasteiger partial charge is 0.378 e. The van der Waals surface area contributed by atoms with E-state index in [2.05, 4.69) is 15.1 Å². The fourth-order valence-electron chi connectivity index (χ4n) is 3.43. The van der Waals surface area contributed by atoms with Gasteiger partial charge in [0, 0.05) is 24.0 Å². The molecule has 3 aromatic heterocycles. The number of anilines is 1. The number of aromatic amines is 1. The van der Waals surface area contributed by atoms with Crippen LogP contribution in [-0.2, 0) is 15.7 Å². The van der Waals surface area contributed by atoms with Gasteiger partial charge in [0.15, 0.2) is 11.6 Å². The second-order valence-corrected chi connectivity index (χ2v) is 9.93. The molecule has 150 valence electrons. The summed E-state index contributed by atoms with van der Waals surface area (Å²) in [5.74, 6) is 1.52. The van der Waals surface area contributed by atoms with Crippen molar-refractivity contribution in [1.82, 2.24) is 24.5 Å². The first kappa shape index (κ1) is 18.6. The van der Waals surface area contributed by atoms with Gasteiger partial charge in [-0.15, -0.1) is 11.3 Å². The summed E-state index contributed by atoms with van der Waals surface area (Å²) in [7, 11) is 2.39. The van der Waals surface area contributed by atoms with Crippen LogP contribution in [0.25, 0.3) is 32.5 Å². The molecule has 1 unspecified atom stereocenters. The van der Waals surface area contributed by atoms with Crippen LogP contribution in [0.3, 0.4) is 0 Å². The van der Waals surface area contributed by atoms with Crippen molar-refractivity contribution in [2.75, 3.05) is 45.3 Å². The first-order chi connectivity index (χ1) is 14.1. The average molecular weight is 429 g/mol. The molecule has 4 aromatic rings. The maximum absolute atomic E-state index is 12.6. The summed E-state index contributed by atoms with van der Waals surface area (Å²) in [4.78, 5) is 12.0. The molecule has 29 heavy (non-hydrogen) atoms. The summed E-state index contributed by atoms with van der Waals surface area (Å²) in [6, 6.07) is 7.88. The number of fused-ring (bicyclic) bond motifs is 2. The second kappa shape index (κ2) is 7.45. The second-order valence-electron chi connectivity index (χ2n) is 6.95. The number of hydrogen-bond acceptors (Lipinski definition) is 7. The zero-order chi connectivity index (χ0) is 20.0. The van der Waals surface area contributed by atoms with E-state index in [0.29, 0.717) is 19.0 Å². The van der Waals surface area contributed by atoms with E-state index in [1.54, 1.807) is 24.6 Å². The lowest BCUT2D eigenvalue weighted by Gasteiger charge is -2.28. The summed E-state index contributed by atoms with van der Waals surface area (Å²) in [5, 5.41) is 8.14. The van der Waals surface area contributed by atoms with E-state index < -0.39 is 11.0 Å². The maximum atomic E-state index is 12.6. The molecule has 1 aliphatic heterocycles. The van der Waals surface area contributed by atoms with Gasteiger partial charge in [-0.25, -0.2) is 18.5 Å². The van der Waals surface area contributed by atoms with Crippen LogP contribution in [0, 0.1) is 0 Å². The Morgan fingerprint density at radius 3 is 2.86 bits per heavy atom. The van der Waals surface area contributed by atoms with Gasteiger partial charge in [0.2, 0.25) is 0 Å². The Bertz CT molecular complexity index is 1210. The molecule has 10 heteroatoms. The predicted molar refractivity (Wildman–Crippen MR) is 116 cm³/mol. The summed E-state index contributed by atoms with van der Waals surface area (Å²) in [6.07, 6.45) is 1.80. The van der Waals surface area contributed by atoms with E-state index >= 15 is 0 Å². The SMILES string of the molecule is CN(C)S(=O)c1cc2nc(-c3cccc4[nH]ncc34)nc(N3CCOCC3)c2s1. The van der Waals surface area contributed by atoms with Crippen molar-refractivity contribution < 1.29 is 8.95 Å². The van der Waals surface area contributed by atoms with E-state index in [9.17, 15) is 4.21 Å². The van der Waals surface area contributed by atoms with Gasteiger partial charge in [-0.2, -0.15) is 5.10 Å². The van der Waals surface area contributed by atoms with Gasteiger partial charge in [-0.3, -0.25) is 5.10 Å². The molecular weight excluding hydrogens is 408 g/mol. The Morgan fingerprint density at radius 1 is 1.24 bits per heavy atom. The molecule has 0 spiro atoms. The quantitative estimate of drug-likeness (QED) is 0.538. The lowest BCUT2D eigenvalue weighted by Crippen LogP contribution is -2.36. The van der Waals surface area contributed by atoms with E-state index in [1.807, 2.05) is 24.3 Å². The normalized spacial score (nSPS) is 16.2. The van der Waals surface area contributed by atoms with Crippen molar-refractivity contribution in [1.29, 1.82) is 0 Å². The number of hydrogen-bond donors (Lipinski definition) is 1. The maximum Gasteiger partial charge on any atom is 0.162 e. The zero-order valence-corrected chi connectivity index (χ0v) is 17.7. The van der Waals surface area contributed by atoms with Gasteiger partial charge >= 0.3 is 0 Å². The molecule has 0 aliphatic carbocycles. The molecule has 1 N–H and O–H groups in total. The van der Waals surface area contributed by atoms with Crippen molar-refractivity contribution in [3.05, 3.63) is 30.5 Å². The average Bonchev–Trinajstić information content (AvgIpc) is 3.39. The highest BCUT2D eigenvalue weighted by Crippen LogP contribution is 2.37. The molecule has 1 aromatic carbocycles. The third kappa shape index (κ3) is 3.31. The van der Waals surface area contributed by atoms with Crippen LogP contribution in [0.5, 0.6) is 0 Å². The van der Waals surface area contributed by atoms with Gasteiger partial charge in [0.1, 0.15) is 15.2 Å². The number of thiophene rings is 1. The number of ether oxygens (including phenoxy) is 1. The molecule has 0 radical (unpaired) electrons. The Morgan fingerprint density at radius 2 is 2.07 bits per heavy atom. The van der Waals surface area contributed by atoms with Crippen molar-refractivity contribution in [2.45, 2.75) is 4.21 Å². The monoisotopic (exact) mass is 428 g/mol. The summed E-state index contributed by atoms with van der Waals surface area (Å²) >= 11 is 1.50. The number of rotatable bonds is 4. The van der Waals surface area contributed by atoms with E-state index in [1.165, 1.54) is 11.3 Å². The fourth-order valence-corrected chi connectivity index (χ4v) is 5.83. The fraction of sp³-hybridized carbons (Fsp3) is 0.316. The molecular formula is C19H20N6O2S2. The van der Waals surface area contributed by atoms with Crippen molar-refractivity contribution in [3.8, 4) is 11.4 Å². The highest BCUT2D eigenvalue weighted by Gasteiger charge is 2.22. The van der Waals surface area contributed by atoms with Gasteiger partial charge in [-0.05, 0) is 26.2 Å². The number of benzene rings is 1. The number of morpholine rings is 1. The van der Waals surface area contributed by atoms with Crippen LogP contribution < -0.4 is 4.90 Å². The van der Waals surface area contributed by atoms with E-state index in [-0.39, 0.29) is 0 Å². The third-order valence-electron chi connectivity index (χ3n) is 4.87. The topological polar surface area (TPSA) is 87.2 Å². The molecule has 4 heterocycles. The van der Waals surface area contributed by atoms with Crippen LogP contribution in [0.15, 0.2) is 34.7 Å². The molecule has 0 saturated carbocycles. The van der Waals surface area contributed by atoms with Crippen LogP contribution in [-0.4, -0.2) is 69.1 Å². The van der Waals surface area contributed by atoms with Gasteiger partial charge < -0.3 is 9.64 Å². The summed E-state index contributed by atoms with van der Waals surface area (Å²) < 4.78 is 21.6.